The Balaban J connectivity index is 4.29. The molecule has 1 unspecified atom stereocenters. The maximum atomic E-state index is 9.59. The fraction of sp³-hybridized carbons (Fsp3) is 1.00. The third-order valence-electron chi connectivity index (χ3n) is 2.11. The van der Waals surface area contributed by atoms with E-state index in [1.807, 2.05) is 6.92 Å². The summed E-state index contributed by atoms with van der Waals surface area (Å²) < 4.78 is 20.2. The van der Waals surface area contributed by atoms with E-state index < -0.39 is 12.2 Å². The van der Waals surface area contributed by atoms with E-state index in [2.05, 4.69) is 0 Å². The zero-order valence-electron chi connectivity index (χ0n) is 10.1. The lowest BCUT2D eigenvalue weighted by Gasteiger charge is -2.29. The molecule has 98 valence electrons. The lowest BCUT2D eigenvalue weighted by Crippen LogP contribution is -2.43. The summed E-state index contributed by atoms with van der Waals surface area (Å²) in [6.45, 7) is 1.66. The summed E-state index contributed by atoms with van der Waals surface area (Å²) in [5.74, 6) is 0. The molecule has 0 aromatic heterocycles. The van der Waals surface area contributed by atoms with E-state index in [1.165, 1.54) is 14.2 Å². The minimum absolute atomic E-state index is 0.0363. The van der Waals surface area contributed by atoms with Crippen LogP contribution in [0.15, 0.2) is 0 Å². The van der Waals surface area contributed by atoms with Gasteiger partial charge in [-0.3, -0.25) is 0 Å². The van der Waals surface area contributed by atoms with Crippen LogP contribution in [0.2, 0.25) is 0 Å². The molecular formula is C10H22O6. The lowest BCUT2D eigenvalue weighted by atomic mass is 10.1. The van der Waals surface area contributed by atoms with Gasteiger partial charge in [-0.2, -0.15) is 0 Å². The molecule has 0 radical (unpaired) electrons. The molecule has 0 saturated carbocycles. The van der Waals surface area contributed by atoms with E-state index in [9.17, 15) is 5.11 Å². The molecule has 0 fully saturated rings. The van der Waals surface area contributed by atoms with Gasteiger partial charge in [0.2, 0.25) is 0 Å². The molecule has 6 heteroatoms. The Hall–Kier alpha value is -0.240. The smallest absolute Gasteiger partial charge is 0.146 e. The Bertz CT molecular complexity index is 154. The van der Waals surface area contributed by atoms with Crippen molar-refractivity contribution in [2.24, 2.45) is 0 Å². The second kappa shape index (κ2) is 9.95. The number of rotatable bonds is 10. The number of aliphatic hydroxyl groups is 2. The summed E-state index contributed by atoms with van der Waals surface area (Å²) in [5.41, 5.74) is 0. The summed E-state index contributed by atoms with van der Waals surface area (Å²) in [5, 5.41) is 18.5. The molecule has 6 nitrogen and oxygen atoms in total. The van der Waals surface area contributed by atoms with Gasteiger partial charge in [-0.05, 0) is 6.42 Å². The third-order valence-corrected chi connectivity index (χ3v) is 2.11. The van der Waals surface area contributed by atoms with Crippen molar-refractivity contribution in [1.82, 2.24) is 0 Å². The van der Waals surface area contributed by atoms with Crippen molar-refractivity contribution in [1.29, 1.82) is 0 Å². The minimum Gasteiger partial charge on any atom is -0.394 e. The normalized spacial score (nSPS) is 17.1. The predicted molar refractivity (Wildman–Crippen MR) is 56.9 cm³/mol. The van der Waals surface area contributed by atoms with Crippen LogP contribution in [0.4, 0.5) is 0 Å². The van der Waals surface area contributed by atoms with Crippen molar-refractivity contribution in [2.75, 3.05) is 34.4 Å². The maximum Gasteiger partial charge on any atom is 0.146 e. The number of aliphatic hydroxyl groups excluding tert-OH is 2. The van der Waals surface area contributed by atoms with Crippen molar-refractivity contribution >= 4 is 0 Å². The molecule has 0 heterocycles. The van der Waals surface area contributed by atoms with E-state index in [4.69, 9.17) is 24.1 Å². The molecular weight excluding hydrogens is 216 g/mol. The van der Waals surface area contributed by atoms with Crippen LogP contribution < -0.4 is 0 Å². The highest BCUT2D eigenvalue weighted by atomic mass is 16.7. The first kappa shape index (κ1) is 15.8. The van der Waals surface area contributed by atoms with Gasteiger partial charge in [0.05, 0.1) is 12.7 Å². The molecule has 0 saturated heterocycles. The van der Waals surface area contributed by atoms with Crippen LogP contribution in [0.1, 0.15) is 13.3 Å². The predicted octanol–water partition coefficient (Wildman–Crippen LogP) is -0.272. The first-order valence-corrected chi connectivity index (χ1v) is 5.21. The highest BCUT2D eigenvalue weighted by molar-refractivity contribution is 4.76. The molecule has 16 heavy (non-hydrogen) atoms. The first-order chi connectivity index (χ1) is 7.71. The SMILES string of the molecule is CCC(OCOC)[C@H](OCOC)[C@@H](O)CO. The standard InChI is InChI=1S/C10H22O6/c1-4-9(15-6-13-2)10(8(12)5-11)16-7-14-3/h8-12H,4-7H2,1-3H3/t8-,9?,10+/m0/s1. The van der Waals surface area contributed by atoms with Gasteiger partial charge in [-0.15, -0.1) is 0 Å². The summed E-state index contributed by atoms with van der Waals surface area (Å²) >= 11 is 0. The van der Waals surface area contributed by atoms with E-state index in [1.54, 1.807) is 0 Å². The van der Waals surface area contributed by atoms with E-state index in [0.717, 1.165) is 0 Å². The van der Waals surface area contributed by atoms with Crippen LogP contribution >= 0.6 is 0 Å². The first-order valence-electron chi connectivity index (χ1n) is 5.21. The van der Waals surface area contributed by atoms with E-state index >= 15 is 0 Å². The van der Waals surface area contributed by atoms with Gasteiger partial charge in [0.25, 0.3) is 0 Å². The molecule has 0 aromatic rings. The maximum absolute atomic E-state index is 9.59. The van der Waals surface area contributed by atoms with Crippen LogP contribution in [0, 0.1) is 0 Å². The second-order valence-electron chi connectivity index (χ2n) is 3.31. The molecule has 0 bridgehead atoms. The van der Waals surface area contributed by atoms with Crippen molar-refractivity contribution in [3.8, 4) is 0 Å². The molecule has 0 spiro atoms. The monoisotopic (exact) mass is 238 g/mol. The summed E-state index contributed by atoms with van der Waals surface area (Å²) in [6, 6.07) is 0. The number of hydrogen-bond donors (Lipinski definition) is 2. The summed E-state index contributed by atoms with van der Waals surface area (Å²) in [4.78, 5) is 0. The molecule has 0 aliphatic carbocycles. The number of ether oxygens (including phenoxy) is 4. The zero-order chi connectivity index (χ0) is 12.4. The Morgan fingerprint density at radius 3 is 2.06 bits per heavy atom. The quantitative estimate of drug-likeness (QED) is 0.510. The van der Waals surface area contributed by atoms with Crippen LogP contribution in [0.5, 0.6) is 0 Å². The molecule has 3 atom stereocenters. The van der Waals surface area contributed by atoms with Gasteiger partial charge < -0.3 is 29.2 Å². The van der Waals surface area contributed by atoms with Crippen molar-refractivity contribution < 1.29 is 29.2 Å². The summed E-state index contributed by atoms with van der Waals surface area (Å²) in [6.07, 6.45) is -1.35. The zero-order valence-corrected chi connectivity index (χ0v) is 10.1. The highest BCUT2D eigenvalue weighted by Crippen LogP contribution is 2.13. The van der Waals surface area contributed by atoms with Gasteiger partial charge in [0, 0.05) is 14.2 Å². The van der Waals surface area contributed by atoms with Gasteiger partial charge >= 0.3 is 0 Å². The molecule has 0 rings (SSSR count). The molecule has 0 aliphatic rings. The number of methoxy groups -OCH3 is 2. The van der Waals surface area contributed by atoms with Gasteiger partial charge in [-0.1, -0.05) is 6.92 Å². The highest BCUT2D eigenvalue weighted by Gasteiger charge is 2.28. The average molecular weight is 238 g/mol. The Labute approximate surface area is 96.1 Å². The Morgan fingerprint density at radius 1 is 1.06 bits per heavy atom. The van der Waals surface area contributed by atoms with E-state index in [0.29, 0.717) is 6.42 Å². The average Bonchev–Trinajstić information content (AvgIpc) is 2.32. The third kappa shape index (κ3) is 5.74. The molecule has 0 aromatic carbocycles. The lowest BCUT2D eigenvalue weighted by molar-refractivity contribution is -0.190. The Morgan fingerprint density at radius 2 is 1.62 bits per heavy atom. The Kier molecular flexibility index (Phi) is 9.80. The largest absolute Gasteiger partial charge is 0.394 e. The van der Waals surface area contributed by atoms with Crippen LogP contribution in [-0.2, 0) is 18.9 Å². The van der Waals surface area contributed by atoms with Gasteiger partial charge in [0.15, 0.2) is 0 Å². The second-order valence-corrected chi connectivity index (χ2v) is 3.31. The van der Waals surface area contributed by atoms with E-state index in [-0.39, 0.29) is 26.3 Å². The van der Waals surface area contributed by atoms with Crippen LogP contribution in [0.3, 0.4) is 0 Å². The van der Waals surface area contributed by atoms with Crippen molar-refractivity contribution in [2.45, 2.75) is 31.7 Å². The minimum atomic E-state index is -1.00. The van der Waals surface area contributed by atoms with Gasteiger partial charge in [0.1, 0.15) is 25.8 Å². The van der Waals surface area contributed by atoms with Crippen molar-refractivity contribution in [3.05, 3.63) is 0 Å². The topological polar surface area (TPSA) is 77.4 Å². The summed E-state index contributed by atoms with van der Waals surface area (Å²) in [7, 11) is 3.00. The molecule has 0 aliphatic heterocycles. The van der Waals surface area contributed by atoms with Gasteiger partial charge in [-0.25, -0.2) is 0 Å². The fourth-order valence-electron chi connectivity index (χ4n) is 1.32. The van der Waals surface area contributed by atoms with Crippen LogP contribution in [0.25, 0.3) is 0 Å². The fourth-order valence-corrected chi connectivity index (χ4v) is 1.32. The van der Waals surface area contributed by atoms with Crippen molar-refractivity contribution in [3.63, 3.8) is 0 Å². The molecule has 0 amide bonds. The van der Waals surface area contributed by atoms with Crippen LogP contribution in [-0.4, -0.2) is 62.9 Å². The number of hydrogen-bond acceptors (Lipinski definition) is 6. The molecule has 2 N–H and O–H groups in total.